The van der Waals surface area contributed by atoms with Gasteiger partial charge in [-0.1, -0.05) is 26.0 Å². The topological polar surface area (TPSA) is 114 Å². The van der Waals surface area contributed by atoms with Gasteiger partial charge in [0.25, 0.3) is 5.91 Å². The predicted molar refractivity (Wildman–Crippen MR) is 140 cm³/mol. The first-order valence-electron chi connectivity index (χ1n) is 11.5. The lowest BCUT2D eigenvalue weighted by atomic mass is 10.1. The Kier molecular flexibility index (Phi) is 9.01. The minimum Gasteiger partial charge on any atom is -0.496 e. The molecule has 0 bridgehead atoms. The number of hydrogen-bond donors (Lipinski definition) is 3. The average Bonchev–Trinajstić information content (AvgIpc) is 2.82. The Balaban J connectivity index is 1.91. The average molecular weight is 552 g/mol. The maximum atomic E-state index is 13.7. The Morgan fingerprint density at radius 1 is 1.11 bits per heavy atom. The van der Waals surface area contributed by atoms with Crippen molar-refractivity contribution < 1.29 is 32.1 Å². The van der Waals surface area contributed by atoms with Crippen LogP contribution in [0.4, 0.5) is 36.3 Å². The van der Waals surface area contributed by atoms with E-state index in [0.717, 1.165) is 0 Å². The van der Waals surface area contributed by atoms with E-state index in [-0.39, 0.29) is 28.9 Å². The number of halogens is 3. The van der Waals surface area contributed by atoms with Gasteiger partial charge >= 0.3 is 6.18 Å². The van der Waals surface area contributed by atoms with Gasteiger partial charge < -0.3 is 19.9 Å². The van der Waals surface area contributed by atoms with Crippen LogP contribution in [0, 0.1) is 5.92 Å². The number of methoxy groups -OCH3 is 1. The first-order valence-corrected chi connectivity index (χ1v) is 14.1. The molecule has 0 spiro atoms. The van der Waals surface area contributed by atoms with Crippen LogP contribution in [0.25, 0.3) is 0 Å². The van der Waals surface area contributed by atoms with Gasteiger partial charge in [-0.3, -0.25) is 9.63 Å². The largest absolute Gasteiger partial charge is 0.496 e. The molecule has 1 aromatic heterocycles. The Bertz CT molecular complexity index is 1340. The number of aromatic nitrogens is 2. The molecule has 0 aliphatic carbocycles. The Hall–Kier alpha value is -3.63. The number of anilines is 4. The summed E-state index contributed by atoms with van der Waals surface area (Å²) in [5.74, 6) is -0.765. The molecule has 0 atom stereocenters. The van der Waals surface area contributed by atoms with E-state index in [1.54, 1.807) is 18.2 Å². The highest BCUT2D eigenvalue weighted by molar-refractivity contribution is 7.70. The molecule has 0 aliphatic rings. The van der Waals surface area contributed by atoms with Crippen molar-refractivity contribution in [3.8, 4) is 5.75 Å². The van der Waals surface area contributed by atoms with Crippen LogP contribution < -0.4 is 26.2 Å². The molecule has 0 radical (unpaired) electrons. The van der Waals surface area contributed by atoms with Gasteiger partial charge in [-0.05, 0) is 43.5 Å². The molecule has 0 aliphatic heterocycles. The molecule has 204 valence electrons. The van der Waals surface area contributed by atoms with Crippen LogP contribution in [0.5, 0.6) is 5.75 Å². The molecule has 3 aromatic rings. The summed E-state index contributed by atoms with van der Waals surface area (Å²) >= 11 is 0. The van der Waals surface area contributed by atoms with Gasteiger partial charge in [0, 0.05) is 23.3 Å². The number of nitrogens with one attached hydrogen (secondary N) is 3. The number of hydroxylamine groups is 1. The molecule has 0 saturated carbocycles. The summed E-state index contributed by atoms with van der Waals surface area (Å²) in [6.07, 6.45) is -4.09. The summed E-state index contributed by atoms with van der Waals surface area (Å²) in [5, 5.41) is 5.89. The molecule has 3 rings (SSSR count). The van der Waals surface area contributed by atoms with Gasteiger partial charge in [-0.2, -0.15) is 18.2 Å². The third-order valence-electron chi connectivity index (χ3n) is 5.12. The van der Waals surface area contributed by atoms with Gasteiger partial charge in [0.2, 0.25) is 5.95 Å². The zero-order valence-corrected chi connectivity index (χ0v) is 22.4. The van der Waals surface area contributed by atoms with Crippen molar-refractivity contribution in [3.63, 3.8) is 0 Å². The van der Waals surface area contributed by atoms with Crippen LogP contribution >= 0.6 is 7.14 Å². The Morgan fingerprint density at radius 2 is 1.82 bits per heavy atom. The van der Waals surface area contributed by atoms with E-state index in [4.69, 9.17) is 9.57 Å². The van der Waals surface area contributed by atoms with E-state index < -0.39 is 30.6 Å². The van der Waals surface area contributed by atoms with Crippen molar-refractivity contribution in [2.45, 2.75) is 20.0 Å². The van der Waals surface area contributed by atoms with Crippen molar-refractivity contribution in [1.82, 2.24) is 15.4 Å². The van der Waals surface area contributed by atoms with Crippen LogP contribution in [0.2, 0.25) is 0 Å². The lowest BCUT2D eigenvalue weighted by molar-refractivity contribution is -0.137. The molecule has 0 unspecified atom stereocenters. The number of hydrogen-bond acceptors (Lipinski definition) is 8. The Morgan fingerprint density at radius 3 is 2.45 bits per heavy atom. The summed E-state index contributed by atoms with van der Waals surface area (Å²) in [7, 11) is -1.43. The van der Waals surface area contributed by atoms with Gasteiger partial charge in [0.05, 0.1) is 25.0 Å². The molecule has 9 nitrogen and oxygen atoms in total. The van der Waals surface area contributed by atoms with Crippen LogP contribution in [-0.2, 0) is 15.6 Å². The molecule has 0 saturated heterocycles. The number of ether oxygens (including phenoxy) is 1. The highest BCUT2D eigenvalue weighted by Crippen LogP contribution is 2.40. The lowest BCUT2D eigenvalue weighted by Crippen LogP contribution is -2.26. The summed E-state index contributed by atoms with van der Waals surface area (Å²) in [4.78, 5) is 25.4. The summed E-state index contributed by atoms with van der Waals surface area (Å²) in [5.41, 5.74) is 2.05. The first kappa shape index (κ1) is 28.9. The van der Waals surface area contributed by atoms with Gasteiger partial charge in [0.15, 0.2) is 0 Å². The van der Waals surface area contributed by atoms with Gasteiger partial charge in [0.1, 0.15) is 24.3 Å². The maximum Gasteiger partial charge on any atom is 0.421 e. The smallest absolute Gasteiger partial charge is 0.421 e. The molecule has 1 heterocycles. The fraction of sp³-hybridized carbons (Fsp3) is 0.320. The zero-order chi connectivity index (χ0) is 28.1. The number of alkyl halides is 3. The second-order valence-corrected chi connectivity index (χ2v) is 12.3. The quantitative estimate of drug-likeness (QED) is 0.222. The molecular weight excluding hydrogens is 522 g/mol. The number of carbonyl (C=O) groups excluding carboxylic acids is 1. The number of nitrogens with zero attached hydrogens (tertiary/aromatic N) is 2. The molecular formula is C25H29F3N5O4P. The van der Waals surface area contributed by atoms with Crippen LogP contribution in [-0.4, -0.2) is 42.9 Å². The second kappa shape index (κ2) is 11.8. The number of benzene rings is 2. The van der Waals surface area contributed by atoms with Crippen molar-refractivity contribution in [3.05, 3.63) is 59.8 Å². The standard InChI is InChI=1S/C25H29F3N5O4P/c1-15(2)14-37-33-23(34)17-11-10-16(12-20(17)36-3)30-24-29-13-18(25(26,27)28)22(32-24)31-19-8-6-7-9-21(19)38(4,5)35/h6-13,15H,14H2,1-5H3,(H,33,34)(H2,29,30,31,32). The molecule has 1 amide bonds. The highest BCUT2D eigenvalue weighted by atomic mass is 31.2. The highest BCUT2D eigenvalue weighted by Gasteiger charge is 2.35. The molecule has 2 aromatic carbocycles. The number of para-hydroxylation sites is 1. The van der Waals surface area contributed by atoms with Gasteiger partial charge in [-0.25, -0.2) is 10.5 Å². The second-order valence-electron chi connectivity index (χ2n) is 9.12. The Labute approximate surface area is 218 Å². The van der Waals surface area contributed by atoms with E-state index in [1.807, 2.05) is 13.8 Å². The van der Waals surface area contributed by atoms with Crippen LogP contribution in [0.15, 0.2) is 48.7 Å². The molecule has 3 N–H and O–H groups in total. The SMILES string of the molecule is COc1cc(Nc2ncc(C(F)(F)F)c(Nc3ccccc3P(C)(C)=O)n2)ccc1C(=O)NOCC(C)C. The van der Waals surface area contributed by atoms with E-state index in [0.29, 0.717) is 23.8 Å². The fourth-order valence-electron chi connectivity index (χ4n) is 3.34. The zero-order valence-electron chi connectivity index (χ0n) is 21.5. The molecule has 38 heavy (non-hydrogen) atoms. The normalized spacial score (nSPS) is 11.8. The minimum atomic E-state index is -4.74. The lowest BCUT2D eigenvalue weighted by Gasteiger charge is -2.18. The summed E-state index contributed by atoms with van der Waals surface area (Å²) < 4.78 is 59.2. The minimum absolute atomic E-state index is 0.145. The van der Waals surface area contributed by atoms with E-state index in [1.165, 1.54) is 44.7 Å². The number of rotatable bonds is 10. The third-order valence-corrected chi connectivity index (χ3v) is 6.67. The van der Waals surface area contributed by atoms with Gasteiger partial charge in [-0.15, -0.1) is 0 Å². The summed E-state index contributed by atoms with van der Waals surface area (Å²) in [6.45, 7) is 7.25. The third kappa shape index (κ3) is 7.45. The van der Waals surface area contributed by atoms with Crippen molar-refractivity contribution >= 4 is 41.5 Å². The van der Waals surface area contributed by atoms with E-state index in [9.17, 15) is 22.5 Å². The monoisotopic (exact) mass is 551 g/mol. The molecule has 13 heteroatoms. The van der Waals surface area contributed by atoms with Crippen LogP contribution in [0.3, 0.4) is 0 Å². The molecule has 0 fully saturated rings. The number of amides is 1. The first-order chi connectivity index (χ1) is 17.8. The fourth-order valence-corrected chi connectivity index (χ4v) is 4.49. The van der Waals surface area contributed by atoms with E-state index >= 15 is 0 Å². The maximum absolute atomic E-state index is 13.7. The van der Waals surface area contributed by atoms with Crippen LogP contribution in [0.1, 0.15) is 29.8 Å². The summed E-state index contributed by atoms with van der Waals surface area (Å²) in [6, 6.07) is 10.9. The van der Waals surface area contributed by atoms with Crippen molar-refractivity contribution in [2.75, 3.05) is 37.7 Å². The van der Waals surface area contributed by atoms with Crippen molar-refractivity contribution in [2.24, 2.45) is 5.92 Å². The number of carbonyl (C=O) groups is 1. The van der Waals surface area contributed by atoms with E-state index in [2.05, 4.69) is 26.1 Å². The van der Waals surface area contributed by atoms with Crippen molar-refractivity contribution in [1.29, 1.82) is 0 Å². The predicted octanol–water partition coefficient (Wildman–Crippen LogP) is 5.56.